The maximum Gasteiger partial charge on any atom is 0.426 e. The number of anilines is 1. The van der Waals surface area contributed by atoms with Crippen molar-refractivity contribution >= 4 is 29.5 Å². The van der Waals surface area contributed by atoms with Gasteiger partial charge >= 0.3 is 6.09 Å². The molecule has 1 saturated heterocycles. The van der Waals surface area contributed by atoms with Crippen molar-refractivity contribution in [1.82, 2.24) is 10.4 Å². The van der Waals surface area contributed by atoms with Gasteiger partial charge in [-0.2, -0.15) is 0 Å². The van der Waals surface area contributed by atoms with E-state index in [1.807, 2.05) is 36.4 Å². The lowest BCUT2D eigenvalue weighted by molar-refractivity contribution is -0.142. The van der Waals surface area contributed by atoms with Gasteiger partial charge in [0, 0.05) is 0 Å². The Morgan fingerprint density at radius 1 is 0.914 bits per heavy atom. The molecule has 1 aliphatic rings. The smallest absolute Gasteiger partial charge is 0.426 e. The minimum Gasteiger partial charge on any atom is -0.449 e. The summed E-state index contributed by atoms with van der Waals surface area (Å²) in [6, 6.07) is 25.4. The number of amides is 4. The Hall–Kier alpha value is -4.46. The van der Waals surface area contributed by atoms with Gasteiger partial charge in [0.15, 0.2) is 0 Å². The van der Waals surface area contributed by atoms with Crippen LogP contribution in [0.5, 0.6) is 0 Å². The van der Waals surface area contributed by atoms with Crippen molar-refractivity contribution < 1.29 is 23.9 Å². The maximum atomic E-state index is 14.0. The average molecular weight is 472 g/mol. The number of hydrazine groups is 1. The SMILES string of the molecule is CCOC(=O)NN(C(=O)C(c1ccccc1)c1ccccc1)C1CC(=O)N(c2ccccc2)C1=O. The van der Waals surface area contributed by atoms with E-state index in [1.165, 1.54) is 0 Å². The molecular formula is C27H25N3O5. The summed E-state index contributed by atoms with van der Waals surface area (Å²) in [6.45, 7) is 1.70. The molecular weight excluding hydrogens is 446 g/mol. The number of nitrogens with zero attached hydrogens (tertiary/aromatic N) is 2. The molecule has 1 aliphatic heterocycles. The highest BCUT2D eigenvalue weighted by atomic mass is 16.6. The van der Waals surface area contributed by atoms with Gasteiger partial charge in [-0.25, -0.2) is 20.1 Å². The third-order valence-electron chi connectivity index (χ3n) is 5.69. The molecule has 1 unspecified atom stereocenters. The lowest BCUT2D eigenvalue weighted by atomic mass is 9.90. The number of imide groups is 1. The van der Waals surface area contributed by atoms with Gasteiger partial charge in [-0.05, 0) is 30.2 Å². The number of para-hydroxylation sites is 1. The van der Waals surface area contributed by atoms with E-state index in [4.69, 9.17) is 4.74 Å². The Kier molecular flexibility index (Phi) is 7.21. The van der Waals surface area contributed by atoms with Gasteiger partial charge in [-0.3, -0.25) is 14.4 Å². The summed E-state index contributed by atoms with van der Waals surface area (Å²) in [5.41, 5.74) is 4.18. The summed E-state index contributed by atoms with van der Waals surface area (Å²) in [6.07, 6.45) is -1.17. The normalized spacial score (nSPS) is 15.3. The monoisotopic (exact) mass is 471 g/mol. The first-order chi connectivity index (χ1) is 17.0. The number of carbonyl (C=O) groups excluding carboxylic acids is 4. The second-order valence-corrected chi connectivity index (χ2v) is 7.92. The Bertz CT molecular complexity index is 1160. The number of hydrogen-bond donors (Lipinski definition) is 1. The molecule has 1 atom stereocenters. The van der Waals surface area contributed by atoms with Crippen molar-refractivity contribution in [1.29, 1.82) is 0 Å². The largest absolute Gasteiger partial charge is 0.449 e. The van der Waals surface area contributed by atoms with E-state index in [0.29, 0.717) is 16.8 Å². The van der Waals surface area contributed by atoms with Crippen molar-refractivity contribution in [2.45, 2.75) is 25.3 Å². The van der Waals surface area contributed by atoms with Crippen LogP contribution < -0.4 is 10.3 Å². The summed E-state index contributed by atoms with van der Waals surface area (Å²) < 4.78 is 4.99. The summed E-state index contributed by atoms with van der Waals surface area (Å²) >= 11 is 0. The van der Waals surface area contributed by atoms with E-state index < -0.39 is 35.8 Å². The Morgan fingerprint density at radius 2 is 1.43 bits per heavy atom. The molecule has 0 saturated carbocycles. The van der Waals surface area contributed by atoms with E-state index in [0.717, 1.165) is 9.91 Å². The molecule has 8 nitrogen and oxygen atoms in total. The molecule has 178 valence electrons. The zero-order chi connectivity index (χ0) is 24.8. The number of nitrogens with one attached hydrogen (secondary N) is 1. The van der Waals surface area contributed by atoms with E-state index in [2.05, 4.69) is 5.43 Å². The summed E-state index contributed by atoms with van der Waals surface area (Å²) in [4.78, 5) is 53.8. The molecule has 1 fully saturated rings. The molecule has 4 rings (SSSR count). The topological polar surface area (TPSA) is 96.0 Å². The van der Waals surface area contributed by atoms with Crippen LogP contribution in [0, 0.1) is 0 Å². The molecule has 0 radical (unpaired) electrons. The number of benzene rings is 3. The standard InChI is InChI=1S/C27H25N3O5/c1-2-35-27(34)28-30(22-18-23(31)29(25(22)32)21-16-10-5-11-17-21)26(33)24(19-12-6-3-7-13-19)20-14-8-4-9-15-20/h3-17,22,24H,2,18H2,1H3,(H,28,34). The van der Waals surface area contributed by atoms with Crippen LogP contribution in [0.1, 0.15) is 30.4 Å². The zero-order valence-corrected chi connectivity index (χ0v) is 19.2. The predicted molar refractivity (Wildman–Crippen MR) is 129 cm³/mol. The number of hydrogen-bond acceptors (Lipinski definition) is 5. The summed E-state index contributed by atoms with van der Waals surface area (Å²) in [5.74, 6) is -2.46. The van der Waals surface area contributed by atoms with Gasteiger partial charge in [-0.15, -0.1) is 0 Å². The van der Waals surface area contributed by atoms with Crippen LogP contribution in [-0.2, 0) is 19.1 Å². The molecule has 8 heteroatoms. The first kappa shape index (κ1) is 23.7. The number of rotatable bonds is 6. The molecule has 3 aromatic carbocycles. The highest BCUT2D eigenvalue weighted by Gasteiger charge is 2.47. The molecule has 1 heterocycles. The van der Waals surface area contributed by atoms with Crippen molar-refractivity contribution in [3.05, 3.63) is 102 Å². The number of ether oxygens (including phenoxy) is 1. The van der Waals surface area contributed by atoms with Crippen LogP contribution >= 0.6 is 0 Å². The van der Waals surface area contributed by atoms with E-state index in [9.17, 15) is 19.2 Å². The Balaban J connectivity index is 1.74. The summed E-state index contributed by atoms with van der Waals surface area (Å²) in [7, 11) is 0. The highest BCUT2D eigenvalue weighted by molar-refractivity contribution is 6.23. The van der Waals surface area contributed by atoms with E-state index >= 15 is 0 Å². The fraction of sp³-hybridized carbons (Fsp3) is 0.185. The van der Waals surface area contributed by atoms with Crippen LogP contribution in [-0.4, -0.2) is 41.5 Å². The van der Waals surface area contributed by atoms with Crippen LogP contribution in [0.2, 0.25) is 0 Å². The highest BCUT2D eigenvalue weighted by Crippen LogP contribution is 2.30. The predicted octanol–water partition coefficient (Wildman–Crippen LogP) is 3.64. The lowest BCUT2D eigenvalue weighted by Gasteiger charge is -2.31. The number of carbonyl (C=O) groups is 4. The molecule has 3 aromatic rings. The van der Waals surface area contributed by atoms with Crippen molar-refractivity contribution in [3.63, 3.8) is 0 Å². The zero-order valence-electron chi connectivity index (χ0n) is 19.2. The van der Waals surface area contributed by atoms with Gasteiger partial charge in [0.2, 0.25) is 5.91 Å². The third-order valence-corrected chi connectivity index (χ3v) is 5.69. The Morgan fingerprint density at radius 3 is 1.94 bits per heavy atom. The molecule has 1 N–H and O–H groups in total. The van der Waals surface area contributed by atoms with Crippen LogP contribution in [0.15, 0.2) is 91.0 Å². The van der Waals surface area contributed by atoms with Crippen molar-refractivity contribution in [3.8, 4) is 0 Å². The van der Waals surface area contributed by atoms with Gasteiger partial charge in [0.25, 0.3) is 11.8 Å². The molecule has 0 bridgehead atoms. The van der Waals surface area contributed by atoms with Crippen LogP contribution in [0.3, 0.4) is 0 Å². The van der Waals surface area contributed by atoms with E-state index in [1.54, 1.807) is 61.5 Å². The fourth-order valence-electron chi connectivity index (χ4n) is 4.12. The quantitative estimate of drug-likeness (QED) is 0.437. The first-order valence-electron chi connectivity index (χ1n) is 11.3. The first-order valence-corrected chi connectivity index (χ1v) is 11.3. The molecule has 4 amide bonds. The fourth-order valence-corrected chi connectivity index (χ4v) is 4.12. The lowest BCUT2D eigenvalue weighted by Crippen LogP contribution is -2.56. The van der Waals surface area contributed by atoms with Gasteiger partial charge in [0.1, 0.15) is 6.04 Å². The van der Waals surface area contributed by atoms with Crippen molar-refractivity contribution in [2.75, 3.05) is 11.5 Å². The maximum absolute atomic E-state index is 14.0. The molecule has 0 aliphatic carbocycles. The van der Waals surface area contributed by atoms with Crippen molar-refractivity contribution in [2.24, 2.45) is 0 Å². The minimum atomic E-state index is -1.23. The van der Waals surface area contributed by atoms with Gasteiger partial charge < -0.3 is 4.74 Å². The van der Waals surface area contributed by atoms with Crippen LogP contribution in [0.25, 0.3) is 0 Å². The third kappa shape index (κ3) is 5.06. The summed E-state index contributed by atoms with van der Waals surface area (Å²) in [5, 5.41) is 0.950. The molecule has 0 aromatic heterocycles. The Labute approximate surface area is 203 Å². The minimum absolute atomic E-state index is 0.0718. The van der Waals surface area contributed by atoms with Crippen LogP contribution in [0.4, 0.5) is 10.5 Å². The molecule has 0 spiro atoms. The second-order valence-electron chi connectivity index (χ2n) is 7.92. The molecule has 35 heavy (non-hydrogen) atoms. The van der Waals surface area contributed by atoms with Gasteiger partial charge in [-0.1, -0.05) is 78.9 Å². The second kappa shape index (κ2) is 10.6. The average Bonchev–Trinajstić information content (AvgIpc) is 3.18. The van der Waals surface area contributed by atoms with Gasteiger partial charge in [0.05, 0.1) is 24.6 Å². The van der Waals surface area contributed by atoms with E-state index in [-0.39, 0.29) is 13.0 Å².